The monoisotopic (exact) mass is 327 g/mol. The van der Waals surface area contributed by atoms with Crippen molar-refractivity contribution in [2.75, 3.05) is 5.32 Å². The van der Waals surface area contributed by atoms with Crippen LogP contribution in [0.2, 0.25) is 0 Å². The lowest BCUT2D eigenvalue weighted by Gasteiger charge is -2.02. The van der Waals surface area contributed by atoms with Crippen LogP contribution in [0.3, 0.4) is 0 Å². The van der Waals surface area contributed by atoms with Crippen molar-refractivity contribution in [3.63, 3.8) is 0 Å². The van der Waals surface area contributed by atoms with Gasteiger partial charge in [-0.05, 0) is 40.8 Å². The Balaban J connectivity index is 2.14. The highest BCUT2D eigenvalue weighted by molar-refractivity contribution is 14.1. The molecule has 0 unspecified atom stereocenters. The molecule has 0 aliphatic carbocycles. The minimum Gasteiger partial charge on any atom is -0.319 e. The Morgan fingerprint density at radius 1 is 1.50 bits per heavy atom. The topological polar surface area (TPSA) is 46.9 Å². The van der Waals surface area contributed by atoms with Crippen molar-refractivity contribution < 1.29 is 4.79 Å². The van der Waals surface area contributed by atoms with E-state index in [1.54, 1.807) is 30.2 Å². The van der Waals surface area contributed by atoms with Gasteiger partial charge in [0.05, 0.1) is 11.9 Å². The summed E-state index contributed by atoms with van der Waals surface area (Å²) >= 11 is 2.18. The smallest absolute Gasteiger partial charge is 0.255 e. The van der Waals surface area contributed by atoms with E-state index in [0.717, 1.165) is 3.57 Å². The summed E-state index contributed by atoms with van der Waals surface area (Å²) in [5, 5.41) is 6.76. The van der Waals surface area contributed by atoms with E-state index in [1.807, 2.05) is 18.2 Å². The highest BCUT2D eigenvalue weighted by Crippen LogP contribution is 2.10. The van der Waals surface area contributed by atoms with E-state index in [0.29, 0.717) is 11.3 Å². The Morgan fingerprint density at radius 2 is 2.31 bits per heavy atom. The van der Waals surface area contributed by atoms with E-state index >= 15 is 0 Å². The first-order chi connectivity index (χ1) is 7.65. The summed E-state index contributed by atoms with van der Waals surface area (Å²) in [7, 11) is 1.81. The number of benzene rings is 1. The van der Waals surface area contributed by atoms with Gasteiger partial charge in [-0.3, -0.25) is 9.48 Å². The molecule has 2 rings (SSSR count). The van der Waals surface area contributed by atoms with Crippen LogP contribution >= 0.6 is 22.6 Å². The average molecular weight is 327 g/mol. The van der Waals surface area contributed by atoms with Gasteiger partial charge in [0.1, 0.15) is 0 Å². The lowest BCUT2D eigenvalue weighted by molar-refractivity contribution is 0.102. The summed E-state index contributed by atoms with van der Waals surface area (Å²) in [5.41, 5.74) is 1.35. The third kappa shape index (κ3) is 2.60. The lowest BCUT2D eigenvalue weighted by Crippen LogP contribution is -2.11. The molecule has 0 atom stereocenters. The van der Waals surface area contributed by atoms with Gasteiger partial charge in [-0.25, -0.2) is 0 Å². The predicted octanol–water partition coefficient (Wildman–Crippen LogP) is 2.28. The number of rotatable bonds is 2. The van der Waals surface area contributed by atoms with Crippen molar-refractivity contribution >= 4 is 34.2 Å². The van der Waals surface area contributed by atoms with E-state index in [4.69, 9.17) is 0 Å². The summed E-state index contributed by atoms with van der Waals surface area (Å²) < 4.78 is 2.68. The maximum Gasteiger partial charge on any atom is 0.255 e. The second-order valence-electron chi connectivity index (χ2n) is 3.37. The second kappa shape index (κ2) is 4.65. The summed E-state index contributed by atoms with van der Waals surface area (Å²) in [6.45, 7) is 0. The van der Waals surface area contributed by atoms with Crippen molar-refractivity contribution in [1.29, 1.82) is 0 Å². The SMILES string of the molecule is Cn1cc(NC(=O)c2cccc(I)c2)cn1. The van der Waals surface area contributed by atoms with Crippen molar-refractivity contribution in [3.05, 3.63) is 45.8 Å². The summed E-state index contributed by atoms with van der Waals surface area (Å²) in [6, 6.07) is 7.43. The van der Waals surface area contributed by atoms with E-state index in [9.17, 15) is 4.79 Å². The normalized spacial score (nSPS) is 10.1. The summed E-state index contributed by atoms with van der Waals surface area (Å²) in [4.78, 5) is 11.8. The van der Waals surface area contributed by atoms with Gasteiger partial charge in [-0.1, -0.05) is 6.07 Å². The highest BCUT2D eigenvalue weighted by atomic mass is 127. The molecule has 4 nitrogen and oxygen atoms in total. The van der Waals surface area contributed by atoms with Gasteiger partial charge < -0.3 is 5.32 Å². The van der Waals surface area contributed by atoms with Crippen LogP contribution in [0.25, 0.3) is 0 Å². The van der Waals surface area contributed by atoms with Crippen molar-refractivity contribution in [1.82, 2.24) is 9.78 Å². The molecule has 82 valence electrons. The number of amides is 1. The number of nitrogens with one attached hydrogen (secondary N) is 1. The van der Waals surface area contributed by atoms with Crippen LogP contribution in [0.1, 0.15) is 10.4 Å². The van der Waals surface area contributed by atoms with Crippen LogP contribution in [0.4, 0.5) is 5.69 Å². The predicted molar refractivity (Wildman–Crippen MR) is 70.3 cm³/mol. The highest BCUT2D eigenvalue weighted by Gasteiger charge is 2.06. The zero-order chi connectivity index (χ0) is 11.5. The fourth-order valence-electron chi connectivity index (χ4n) is 1.32. The average Bonchev–Trinajstić information content (AvgIpc) is 2.64. The number of halogens is 1. The number of hydrogen-bond donors (Lipinski definition) is 1. The maximum atomic E-state index is 11.8. The van der Waals surface area contributed by atoms with E-state index < -0.39 is 0 Å². The molecule has 0 fully saturated rings. The Kier molecular flexibility index (Phi) is 3.23. The molecule has 0 bridgehead atoms. The van der Waals surface area contributed by atoms with Gasteiger partial charge in [-0.15, -0.1) is 0 Å². The van der Waals surface area contributed by atoms with Crippen LogP contribution in [-0.2, 0) is 7.05 Å². The summed E-state index contributed by atoms with van der Waals surface area (Å²) in [5.74, 6) is -0.119. The molecule has 0 aliphatic heterocycles. The quantitative estimate of drug-likeness (QED) is 0.861. The molecule has 1 aromatic heterocycles. The zero-order valence-corrected chi connectivity index (χ0v) is 10.8. The fourth-order valence-corrected chi connectivity index (χ4v) is 1.86. The molecule has 0 radical (unpaired) electrons. The molecule has 16 heavy (non-hydrogen) atoms. The third-order valence-corrected chi connectivity index (χ3v) is 2.72. The Morgan fingerprint density at radius 3 is 2.94 bits per heavy atom. The van der Waals surface area contributed by atoms with Crippen molar-refractivity contribution in [2.45, 2.75) is 0 Å². The molecule has 0 aliphatic rings. The maximum absolute atomic E-state index is 11.8. The fraction of sp³-hybridized carbons (Fsp3) is 0.0909. The van der Waals surface area contributed by atoms with Gasteiger partial charge in [0.15, 0.2) is 0 Å². The zero-order valence-electron chi connectivity index (χ0n) is 8.64. The molecule has 1 heterocycles. The first kappa shape index (κ1) is 11.1. The van der Waals surface area contributed by atoms with Crippen LogP contribution in [0.5, 0.6) is 0 Å². The van der Waals surface area contributed by atoms with E-state index in [-0.39, 0.29) is 5.91 Å². The molecule has 2 aromatic rings. The molecule has 1 N–H and O–H groups in total. The molecular formula is C11H10IN3O. The summed E-state index contributed by atoms with van der Waals surface area (Å²) in [6.07, 6.45) is 3.37. The second-order valence-corrected chi connectivity index (χ2v) is 4.61. The number of aromatic nitrogens is 2. The molecular weight excluding hydrogens is 317 g/mol. The van der Waals surface area contributed by atoms with Crippen LogP contribution in [-0.4, -0.2) is 15.7 Å². The number of hydrogen-bond acceptors (Lipinski definition) is 2. The molecule has 1 amide bonds. The number of carbonyl (C=O) groups excluding carboxylic acids is 1. The standard InChI is InChI=1S/C11H10IN3O/c1-15-7-10(6-13-15)14-11(16)8-3-2-4-9(12)5-8/h2-7H,1H3,(H,14,16). The largest absolute Gasteiger partial charge is 0.319 e. The third-order valence-electron chi connectivity index (χ3n) is 2.05. The number of anilines is 1. The first-order valence-electron chi connectivity index (χ1n) is 4.71. The Labute approximate surface area is 107 Å². The number of aryl methyl sites for hydroxylation is 1. The molecule has 0 spiro atoms. The Bertz CT molecular complexity index is 521. The molecule has 1 aromatic carbocycles. The lowest BCUT2D eigenvalue weighted by atomic mass is 10.2. The van der Waals surface area contributed by atoms with Gasteiger partial charge >= 0.3 is 0 Å². The first-order valence-corrected chi connectivity index (χ1v) is 5.78. The van der Waals surface area contributed by atoms with Gasteiger partial charge in [0.2, 0.25) is 0 Å². The molecule has 0 saturated carbocycles. The molecule has 5 heteroatoms. The number of carbonyl (C=O) groups is 1. The van der Waals surface area contributed by atoms with Crippen molar-refractivity contribution in [2.24, 2.45) is 7.05 Å². The van der Waals surface area contributed by atoms with Gasteiger partial charge in [-0.2, -0.15) is 5.10 Å². The molecule has 0 saturated heterocycles. The van der Waals surface area contributed by atoms with Crippen LogP contribution in [0, 0.1) is 3.57 Å². The minimum atomic E-state index is -0.119. The van der Waals surface area contributed by atoms with E-state index in [2.05, 4.69) is 33.0 Å². The van der Waals surface area contributed by atoms with Gasteiger partial charge in [0, 0.05) is 22.4 Å². The van der Waals surface area contributed by atoms with Crippen LogP contribution in [0.15, 0.2) is 36.7 Å². The van der Waals surface area contributed by atoms with Crippen molar-refractivity contribution in [3.8, 4) is 0 Å². The Hall–Kier alpha value is -1.37. The van der Waals surface area contributed by atoms with Crippen LogP contribution < -0.4 is 5.32 Å². The number of nitrogens with zero attached hydrogens (tertiary/aromatic N) is 2. The van der Waals surface area contributed by atoms with E-state index in [1.165, 1.54) is 0 Å². The minimum absolute atomic E-state index is 0.119. The van der Waals surface area contributed by atoms with Gasteiger partial charge in [0.25, 0.3) is 5.91 Å².